The molecule has 0 unspecified atom stereocenters. The van der Waals surface area contributed by atoms with Crippen LogP contribution in [0.1, 0.15) is 35.6 Å². The highest BCUT2D eigenvalue weighted by Crippen LogP contribution is 2.29. The fourth-order valence-electron chi connectivity index (χ4n) is 4.70. The van der Waals surface area contributed by atoms with E-state index in [4.69, 9.17) is 4.52 Å². The number of nitrogens with zero attached hydrogens (tertiary/aromatic N) is 4. The molecule has 0 saturated carbocycles. The van der Waals surface area contributed by atoms with Crippen molar-refractivity contribution in [2.75, 3.05) is 13.1 Å². The van der Waals surface area contributed by atoms with Crippen molar-refractivity contribution in [3.05, 3.63) is 89.4 Å². The average molecular weight is 443 g/mol. The number of hydrogen-bond donors (Lipinski definition) is 1. The van der Waals surface area contributed by atoms with E-state index >= 15 is 0 Å². The minimum absolute atomic E-state index is 0.494. The number of benzene rings is 2. The van der Waals surface area contributed by atoms with Crippen LogP contribution in [0.15, 0.2) is 71.3 Å². The number of aryl methyl sites for hydroxylation is 2. The summed E-state index contributed by atoms with van der Waals surface area (Å²) in [4.78, 5) is 2.41. The van der Waals surface area contributed by atoms with Crippen molar-refractivity contribution in [3.63, 3.8) is 0 Å². The fraction of sp³-hybridized carbons (Fsp3) is 0.333. The quantitative estimate of drug-likeness (QED) is 0.468. The predicted octanol–water partition coefficient (Wildman–Crippen LogP) is 4.71. The van der Waals surface area contributed by atoms with Crippen molar-refractivity contribution in [1.82, 2.24) is 19.8 Å². The lowest BCUT2D eigenvalue weighted by molar-refractivity contribution is -0.0265. The van der Waals surface area contributed by atoms with Crippen LogP contribution in [0, 0.1) is 13.8 Å². The molecule has 1 aliphatic heterocycles. The van der Waals surface area contributed by atoms with Crippen LogP contribution in [0.3, 0.4) is 0 Å². The summed E-state index contributed by atoms with van der Waals surface area (Å²) in [6, 6.07) is 22.6. The second-order valence-corrected chi connectivity index (χ2v) is 9.23. The van der Waals surface area contributed by atoms with E-state index in [0.717, 1.165) is 53.7 Å². The van der Waals surface area contributed by atoms with E-state index in [1.54, 1.807) is 0 Å². The maximum Gasteiger partial charge on any atom is 0.140 e. The number of hydrogen-bond acceptors (Lipinski definition) is 5. The van der Waals surface area contributed by atoms with Crippen LogP contribution >= 0.6 is 0 Å². The Morgan fingerprint density at radius 3 is 2.48 bits per heavy atom. The van der Waals surface area contributed by atoms with Crippen LogP contribution in [0.4, 0.5) is 0 Å². The van der Waals surface area contributed by atoms with E-state index in [0.29, 0.717) is 19.3 Å². The van der Waals surface area contributed by atoms with Crippen LogP contribution in [-0.4, -0.2) is 43.6 Å². The summed E-state index contributed by atoms with van der Waals surface area (Å²) in [5, 5.41) is 20.0. The highest BCUT2D eigenvalue weighted by molar-refractivity contribution is 5.58. The molecule has 170 valence electrons. The lowest BCUT2D eigenvalue weighted by atomic mass is 9.87. The molecule has 6 heteroatoms. The summed E-state index contributed by atoms with van der Waals surface area (Å²) in [6.07, 6.45) is 1.92. The van der Waals surface area contributed by atoms with Gasteiger partial charge in [-0.25, -0.2) is 4.68 Å². The second kappa shape index (κ2) is 8.96. The largest absolute Gasteiger partial charge is 0.389 e. The topological polar surface area (TPSA) is 67.3 Å². The Morgan fingerprint density at radius 1 is 0.970 bits per heavy atom. The normalized spacial score (nSPS) is 16.2. The Bertz CT molecular complexity index is 1220. The Kier molecular flexibility index (Phi) is 5.87. The summed E-state index contributed by atoms with van der Waals surface area (Å²) in [5.74, 6) is 0.738. The monoisotopic (exact) mass is 442 g/mol. The lowest BCUT2D eigenvalue weighted by Crippen LogP contribution is -2.45. The van der Waals surface area contributed by atoms with Crippen molar-refractivity contribution >= 4 is 0 Å². The first kappa shape index (κ1) is 21.6. The number of rotatable bonds is 6. The first-order valence-electron chi connectivity index (χ1n) is 11.6. The molecule has 1 aliphatic rings. The molecule has 4 aromatic rings. The Balaban J connectivity index is 1.20. The van der Waals surface area contributed by atoms with Crippen molar-refractivity contribution in [2.24, 2.45) is 0 Å². The molecule has 1 saturated heterocycles. The van der Waals surface area contributed by atoms with E-state index in [-0.39, 0.29) is 0 Å². The van der Waals surface area contributed by atoms with E-state index in [9.17, 15) is 5.11 Å². The van der Waals surface area contributed by atoms with Gasteiger partial charge in [-0.05, 0) is 50.5 Å². The number of piperidine rings is 1. The Labute approximate surface area is 194 Å². The summed E-state index contributed by atoms with van der Waals surface area (Å²) in [6.45, 7) is 6.66. The molecule has 0 bridgehead atoms. The highest BCUT2D eigenvalue weighted by Gasteiger charge is 2.33. The summed E-state index contributed by atoms with van der Waals surface area (Å²) >= 11 is 0. The SMILES string of the molecule is Cc1cc(C)n(-c2cccc(CN3CCC(O)(Cc4cc(-c5ccccc5)no4)CC3)c2)n1. The molecular formula is C27H30N4O2. The number of aromatic nitrogens is 3. The molecule has 3 heterocycles. The highest BCUT2D eigenvalue weighted by atomic mass is 16.5. The molecule has 0 atom stereocenters. The smallest absolute Gasteiger partial charge is 0.140 e. The van der Waals surface area contributed by atoms with Crippen molar-refractivity contribution in [1.29, 1.82) is 0 Å². The van der Waals surface area contributed by atoms with Crippen LogP contribution in [0.2, 0.25) is 0 Å². The first-order chi connectivity index (χ1) is 16.0. The van der Waals surface area contributed by atoms with Crippen LogP contribution in [-0.2, 0) is 13.0 Å². The summed E-state index contributed by atoms with van der Waals surface area (Å²) < 4.78 is 7.54. The molecule has 1 fully saturated rings. The standard InChI is InChI=1S/C27H30N4O2/c1-20-15-21(2)31(28-20)24-10-6-7-22(16-24)19-30-13-11-27(32,12-14-30)18-25-17-26(29-33-25)23-8-4-3-5-9-23/h3-10,15-17,32H,11-14,18-19H2,1-2H3. The molecule has 2 aromatic carbocycles. The Morgan fingerprint density at radius 2 is 1.76 bits per heavy atom. The van der Waals surface area contributed by atoms with Crippen LogP contribution < -0.4 is 0 Å². The third-order valence-electron chi connectivity index (χ3n) is 6.49. The third kappa shape index (κ3) is 4.92. The maximum absolute atomic E-state index is 11.2. The Hall–Kier alpha value is -3.22. The zero-order chi connectivity index (χ0) is 22.8. The zero-order valence-corrected chi connectivity index (χ0v) is 19.2. The lowest BCUT2D eigenvalue weighted by Gasteiger charge is -2.37. The summed E-state index contributed by atoms with van der Waals surface area (Å²) in [7, 11) is 0. The van der Waals surface area contributed by atoms with Gasteiger partial charge in [0.05, 0.1) is 17.0 Å². The van der Waals surface area contributed by atoms with E-state index in [2.05, 4.69) is 52.4 Å². The van der Waals surface area contributed by atoms with Crippen LogP contribution in [0.5, 0.6) is 0 Å². The van der Waals surface area contributed by atoms with E-state index < -0.39 is 5.60 Å². The molecule has 5 rings (SSSR count). The predicted molar refractivity (Wildman–Crippen MR) is 128 cm³/mol. The molecule has 0 aliphatic carbocycles. The van der Waals surface area contributed by atoms with Gasteiger partial charge in [0, 0.05) is 43.4 Å². The van der Waals surface area contributed by atoms with E-state index in [1.165, 1.54) is 5.56 Å². The molecule has 0 spiro atoms. The van der Waals surface area contributed by atoms with Crippen molar-refractivity contribution in [2.45, 2.75) is 45.3 Å². The molecule has 33 heavy (non-hydrogen) atoms. The van der Waals surface area contributed by atoms with Gasteiger partial charge in [-0.15, -0.1) is 0 Å². The first-order valence-corrected chi connectivity index (χ1v) is 11.6. The van der Waals surface area contributed by atoms with Crippen LogP contribution in [0.25, 0.3) is 16.9 Å². The average Bonchev–Trinajstić information content (AvgIpc) is 3.42. The molecule has 2 aromatic heterocycles. The van der Waals surface area contributed by atoms with Gasteiger partial charge >= 0.3 is 0 Å². The fourth-order valence-corrected chi connectivity index (χ4v) is 4.70. The van der Waals surface area contributed by atoms with Gasteiger partial charge in [0.15, 0.2) is 0 Å². The summed E-state index contributed by atoms with van der Waals surface area (Å²) in [5.41, 5.74) is 5.59. The van der Waals surface area contributed by atoms with Gasteiger partial charge in [-0.2, -0.15) is 5.10 Å². The van der Waals surface area contributed by atoms with Gasteiger partial charge in [0.25, 0.3) is 0 Å². The molecular weight excluding hydrogens is 412 g/mol. The van der Waals surface area contributed by atoms with Gasteiger partial charge < -0.3 is 9.63 Å². The van der Waals surface area contributed by atoms with Gasteiger partial charge in [-0.1, -0.05) is 47.6 Å². The van der Waals surface area contributed by atoms with E-state index in [1.807, 2.05) is 48.0 Å². The third-order valence-corrected chi connectivity index (χ3v) is 6.49. The van der Waals surface area contributed by atoms with Gasteiger partial charge in [0.2, 0.25) is 0 Å². The van der Waals surface area contributed by atoms with Crippen molar-refractivity contribution in [3.8, 4) is 16.9 Å². The maximum atomic E-state index is 11.2. The molecule has 0 radical (unpaired) electrons. The molecule has 1 N–H and O–H groups in total. The number of aliphatic hydroxyl groups is 1. The second-order valence-electron chi connectivity index (χ2n) is 9.23. The minimum atomic E-state index is -0.754. The van der Waals surface area contributed by atoms with Gasteiger partial charge in [0.1, 0.15) is 11.5 Å². The minimum Gasteiger partial charge on any atom is -0.389 e. The number of likely N-dealkylation sites (tertiary alicyclic amines) is 1. The van der Waals surface area contributed by atoms with Crippen molar-refractivity contribution < 1.29 is 9.63 Å². The molecule has 0 amide bonds. The molecule has 6 nitrogen and oxygen atoms in total. The van der Waals surface area contributed by atoms with Gasteiger partial charge in [-0.3, -0.25) is 4.90 Å². The zero-order valence-electron chi connectivity index (χ0n) is 19.2.